The standard InChI is InChI=1S/C18H24N2O/c1-2-15(19)12-16-6-5-10-20(16)13-14-9-11-21-18-8-4-3-7-17(14)18/h3-8,10,14-15H,2,9,11-13,19H2,1H3. The van der Waals surface area contributed by atoms with Gasteiger partial charge in [0.1, 0.15) is 5.75 Å². The van der Waals surface area contributed by atoms with E-state index in [0.717, 1.165) is 38.2 Å². The summed E-state index contributed by atoms with van der Waals surface area (Å²) in [4.78, 5) is 0. The van der Waals surface area contributed by atoms with Crippen LogP contribution in [0.3, 0.4) is 0 Å². The Morgan fingerprint density at radius 1 is 1.29 bits per heavy atom. The second-order valence-corrected chi connectivity index (χ2v) is 5.90. The van der Waals surface area contributed by atoms with Gasteiger partial charge in [0.15, 0.2) is 0 Å². The highest BCUT2D eigenvalue weighted by atomic mass is 16.5. The lowest BCUT2D eigenvalue weighted by molar-refractivity contribution is 0.258. The van der Waals surface area contributed by atoms with Crippen LogP contribution in [0.1, 0.15) is 36.9 Å². The summed E-state index contributed by atoms with van der Waals surface area (Å²) in [6, 6.07) is 13.0. The van der Waals surface area contributed by atoms with E-state index in [1.165, 1.54) is 11.3 Å². The zero-order valence-corrected chi connectivity index (χ0v) is 12.7. The fourth-order valence-corrected chi connectivity index (χ4v) is 3.07. The highest BCUT2D eigenvalue weighted by molar-refractivity contribution is 5.37. The Bertz CT molecular complexity index is 590. The quantitative estimate of drug-likeness (QED) is 0.915. The Morgan fingerprint density at radius 3 is 3.00 bits per heavy atom. The molecule has 2 atom stereocenters. The summed E-state index contributed by atoms with van der Waals surface area (Å²) in [6.07, 6.45) is 5.23. The lowest BCUT2D eigenvalue weighted by atomic mass is 9.93. The molecule has 1 aliphatic rings. The molecule has 2 heterocycles. The highest BCUT2D eigenvalue weighted by Crippen LogP contribution is 2.34. The Labute approximate surface area is 126 Å². The minimum atomic E-state index is 0.251. The van der Waals surface area contributed by atoms with Crippen LogP contribution in [0.4, 0.5) is 0 Å². The maximum Gasteiger partial charge on any atom is 0.122 e. The average Bonchev–Trinajstić information content (AvgIpc) is 2.94. The molecule has 0 aliphatic carbocycles. The van der Waals surface area contributed by atoms with Crippen molar-refractivity contribution in [2.24, 2.45) is 5.73 Å². The van der Waals surface area contributed by atoms with E-state index in [1.54, 1.807) is 0 Å². The van der Waals surface area contributed by atoms with E-state index in [2.05, 4.69) is 48.0 Å². The van der Waals surface area contributed by atoms with Crippen LogP contribution < -0.4 is 10.5 Å². The van der Waals surface area contributed by atoms with E-state index in [9.17, 15) is 0 Å². The van der Waals surface area contributed by atoms with Crippen molar-refractivity contribution in [3.05, 3.63) is 53.9 Å². The molecule has 1 aromatic carbocycles. The second kappa shape index (κ2) is 6.35. The van der Waals surface area contributed by atoms with Crippen molar-refractivity contribution in [1.82, 2.24) is 4.57 Å². The van der Waals surface area contributed by atoms with Crippen molar-refractivity contribution in [1.29, 1.82) is 0 Å². The van der Waals surface area contributed by atoms with Crippen LogP contribution in [0, 0.1) is 0 Å². The molecule has 1 aromatic heterocycles. The largest absolute Gasteiger partial charge is 0.493 e. The van der Waals surface area contributed by atoms with Crippen LogP contribution >= 0.6 is 0 Å². The molecule has 0 bridgehead atoms. The number of rotatable bonds is 5. The van der Waals surface area contributed by atoms with Gasteiger partial charge in [0.2, 0.25) is 0 Å². The third-order valence-corrected chi connectivity index (χ3v) is 4.42. The number of ether oxygens (including phenoxy) is 1. The first-order valence-electron chi connectivity index (χ1n) is 7.89. The number of benzene rings is 1. The lowest BCUT2D eigenvalue weighted by Crippen LogP contribution is -2.24. The second-order valence-electron chi connectivity index (χ2n) is 5.90. The summed E-state index contributed by atoms with van der Waals surface area (Å²) < 4.78 is 8.12. The number of hydrogen-bond acceptors (Lipinski definition) is 2. The van der Waals surface area contributed by atoms with Gasteiger partial charge in [0.05, 0.1) is 6.61 Å². The van der Waals surface area contributed by atoms with Gasteiger partial charge in [-0.25, -0.2) is 0 Å². The van der Waals surface area contributed by atoms with Gasteiger partial charge in [0, 0.05) is 36.8 Å². The molecule has 0 saturated carbocycles. The van der Waals surface area contributed by atoms with Crippen LogP contribution in [0.25, 0.3) is 0 Å². The minimum absolute atomic E-state index is 0.251. The van der Waals surface area contributed by atoms with E-state index < -0.39 is 0 Å². The fourth-order valence-electron chi connectivity index (χ4n) is 3.07. The van der Waals surface area contributed by atoms with E-state index in [1.807, 2.05) is 6.07 Å². The molecule has 2 N–H and O–H groups in total. The lowest BCUT2D eigenvalue weighted by Gasteiger charge is -2.27. The summed E-state index contributed by atoms with van der Waals surface area (Å²) in [5, 5.41) is 0. The van der Waals surface area contributed by atoms with Crippen molar-refractivity contribution >= 4 is 0 Å². The normalized spacial score (nSPS) is 18.9. The Morgan fingerprint density at radius 2 is 2.14 bits per heavy atom. The number of hydrogen-bond donors (Lipinski definition) is 1. The number of nitrogens with zero attached hydrogens (tertiary/aromatic N) is 1. The number of aromatic nitrogens is 1. The maximum absolute atomic E-state index is 6.11. The number of para-hydroxylation sites is 1. The fraction of sp³-hybridized carbons (Fsp3) is 0.444. The highest BCUT2D eigenvalue weighted by Gasteiger charge is 2.22. The summed E-state index contributed by atoms with van der Waals surface area (Å²) in [7, 11) is 0. The van der Waals surface area contributed by atoms with Crippen molar-refractivity contribution in [2.45, 2.75) is 44.7 Å². The van der Waals surface area contributed by atoms with E-state index >= 15 is 0 Å². The monoisotopic (exact) mass is 284 g/mol. The van der Waals surface area contributed by atoms with Crippen molar-refractivity contribution < 1.29 is 4.74 Å². The van der Waals surface area contributed by atoms with Gasteiger partial charge < -0.3 is 15.0 Å². The molecule has 3 nitrogen and oxygen atoms in total. The molecule has 112 valence electrons. The summed E-state index contributed by atoms with van der Waals surface area (Å²) >= 11 is 0. The van der Waals surface area contributed by atoms with Crippen LogP contribution in [-0.4, -0.2) is 17.2 Å². The molecule has 1 aliphatic heterocycles. The third-order valence-electron chi connectivity index (χ3n) is 4.42. The predicted molar refractivity (Wildman–Crippen MR) is 85.7 cm³/mol. The van der Waals surface area contributed by atoms with E-state index in [-0.39, 0.29) is 6.04 Å². The molecule has 0 saturated heterocycles. The summed E-state index contributed by atoms with van der Waals surface area (Å²) in [6.45, 7) is 3.97. The molecule has 2 aromatic rings. The third kappa shape index (κ3) is 3.13. The Balaban J connectivity index is 1.78. The molecule has 3 heteroatoms. The van der Waals surface area contributed by atoms with Gasteiger partial charge in [-0.1, -0.05) is 25.1 Å². The topological polar surface area (TPSA) is 40.2 Å². The first kappa shape index (κ1) is 14.2. The van der Waals surface area contributed by atoms with Crippen LogP contribution in [0.5, 0.6) is 5.75 Å². The van der Waals surface area contributed by atoms with Gasteiger partial charge in [-0.3, -0.25) is 0 Å². The van der Waals surface area contributed by atoms with E-state index in [0.29, 0.717) is 5.92 Å². The minimum Gasteiger partial charge on any atom is -0.493 e. The zero-order valence-electron chi connectivity index (χ0n) is 12.7. The van der Waals surface area contributed by atoms with Gasteiger partial charge in [0.25, 0.3) is 0 Å². The van der Waals surface area contributed by atoms with Crippen molar-refractivity contribution in [3.8, 4) is 5.75 Å². The molecule has 0 radical (unpaired) electrons. The van der Waals surface area contributed by atoms with Crippen LogP contribution in [0.15, 0.2) is 42.6 Å². The van der Waals surface area contributed by atoms with Gasteiger partial charge in [-0.2, -0.15) is 0 Å². The molecule has 0 fully saturated rings. The molecule has 0 spiro atoms. The van der Waals surface area contributed by atoms with Gasteiger partial charge >= 0.3 is 0 Å². The molecule has 21 heavy (non-hydrogen) atoms. The molecule has 2 unspecified atom stereocenters. The number of fused-ring (bicyclic) bond motifs is 1. The smallest absolute Gasteiger partial charge is 0.122 e. The molecule has 0 amide bonds. The molecular weight excluding hydrogens is 260 g/mol. The Hall–Kier alpha value is -1.74. The Kier molecular flexibility index (Phi) is 4.30. The molecular formula is C18H24N2O. The van der Waals surface area contributed by atoms with Crippen molar-refractivity contribution in [2.75, 3.05) is 6.61 Å². The van der Waals surface area contributed by atoms with Crippen LogP contribution in [-0.2, 0) is 13.0 Å². The predicted octanol–water partition coefficient (Wildman–Crippen LogP) is 3.33. The summed E-state index contributed by atoms with van der Waals surface area (Å²) in [5.74, 6) is 1.58. The summed E-state index contributed by atoms with van der Waals surface area (Å²) in [5.41, 5.74) is 8.79. The molecule has 3 rings (SSSR count). The van der Waals surface area contributed by atoms with Crippen molar-refractivity contribution in [3.63, 3.8) is 0 Å². The average molecular weight is 284 g/mol. The zero-order chi connectivity index (χ0) is 14.7. The first-order chi connectivity index (χ1) is 10.3. The number of nitrogens with two attached hydrogens (primary N) is 1. The SMILES string of the molecule is CCC(N)Cc1cccn1CC1CCOc2ccccc21. The van der Waals surface area contributed by atoms with E-state index in [4.69, 9.17) is 10.5 Å². The maximum atomic E-state index is 6.11. The van der Waals surface area contributed by atoms with Gasteiger partial charge in [-0.05, 0) is 36.6 Å². The van der Waals surface area contributed by atoms with Gasteiger partial charge in [-0.15, -0.1) is 0 Å². The van der Waals surface area contributed by atoms with Crippen LogP contribution in [0.2, 0.25) is 0 Å². The first-order valence-corrected chi connectivity index (χ1v) is 7.89.